The monoisotopic (exact) mass is 319 g/mol. The molecule has 3 rings (SSSR count). The Kier molecular flexibility index (Phi) is 4.84. The van der Waals surface area contributed by atoms with E-state index in [0.717, 1.165) is 11.1 Å². The number of pyridine rings is 1. The molecule has 0 aromatic carbocycles. The van der Waals surface area contributed by atoms with Crippen molar-refractivity contribution in [2.75, 3.05) is 11.9 Å². The molecular formula is C13H14ClN7O. The van der Waals surface area contributed by atoms with Crippen LogP contribution in [0, 0.1) is 0 Å². The Labute approximate surface area is 132 Å². The highest BCUT2D eigenvalue weighted by Gasteiger charge is 2.12. The first kappa shape index (κ1) is 15.6. The van der Waals surface area contributed by atoms with Crippen molar-refractivity contribution >= 4 is 30.0 Å². The number of halogens is 1. The summed E-state index contributed by atoms with van der Waals surface area (Å²) in [5, 5.41) is 9.51. The van der Waals surface area contributed by atoms with Gasteiger partial charge in [0.25, 0.3) is 0 Å². The molecule has 0 fully saturated rings. The Bertz CT molecular complexity index is 774. The lowest BCUT2D eigenvalue weighted by Gasteiger charge is -2.06. The van der Waals surface area contributed by atoms with Crippen LogP contribution < -0.4 is 10.6 Å². The number of nitrogens with zero attached hydrogens (tertiary/aromatic N) is 5. The molecule has 0 atom stereocenters. The molecule has 0 aliphatic rings. The molecular weight excluding hydrogens is 306 g/mol. The second kappa shape index (κ2) is 6.81. The van der Waals surface area contributed by atoms with Gasteiger partial charge in [0.1, 0.15) is 6.33 Å². The molecule has 9 heteroatoms. The summed E-state index contributed by atoms with van der Waals surface area (Å²) in [7, 11) is 0. The Balaban J connectivity index is 0.00000176. The number of rotatable bonds is 3. The van der Waals surface area contributed by atoms with Crippen molar-refractivity contribution < 1.29 is 4.79 Å². The maximum absolute atomic E-state index is 11.6. The van der Waals surface area contributed by atoms with E-state index in [9.17, 15) is 4.79 Å². The van der Waals surface area contributed by atoms with Crippen LogP contribution in [0.1, 0.15) is 6.92 Å². The molecule has 0 saturated carbocycles. The van der Waals surface area contributed by atoms with Crippen LogP contribution in [0.3, 0.4) is 0 Å². The van der Waals surface area contributed by atoms with Gasteiger partial charge in [-0.1, -0.05) is 0 Å². The number of nitrogens with one attached hydrogen (secondary N) is 2. The molecule has 114 valence electrons. The minimum Gasteiger partial charge on any atom is -0.338 e. The van der Waals surface area contributed by atoms with Crippen LogP contribution in [0.4, 0.5) is 10.7 Å². The molecule has 0 bridgehead atoms. The van der Waals surface area contributed by atoms with Gasteiger partial charge < -0.3 is 5.32 Å². The minimum absolute atomic E-state index is 0. The smallest absolute Gasteiger partial charge is 0.321 e. The quantitative estimate of drug-likeness (QED) is 0.766. The summed E-state index contributed by atoms with van der Waals surface area (Å²) in [5.41, 5.74) is 2.41. The number of anilines is 1. The highest BCUT2D eigenvalue weighted by molar-refractivity contribution is 5.88. The molecule has 3 aromatic heterocycles. The number of aromatic nitrogens is 5. The third-order valence-electron chi connectivity index (χ3n) is 2.86. The van der Waals surface area contributed by atoms with Crippen molar-refractivity contribution in [3.8, 4) is 11.1 Å². The highest BCUT2D eigenvalue weighted by atomic mass is 35.5. The van der Waals surface area contributed by atoms with Crippen molar-refractivity contribution in [1.82, 2.24) is 29.9 Å². The molecule has 0 spiro atoms. The molecule has 0 radical (unpaired) electrons. The fourth-order valence-corrected chi connectivity index (χ4v) is 1.94. The van der Waals surface area contributed by atoms with Gasteiger partial charge >= 0.3 is 6.03 Å². The van der Waals surface area contributed by atoms with Gasteiger partial charge in [-0.05, 0) is 24.6 Å². The van der Waals surface area contributed by atoms with Crippen LogP contribution in [0.15, 0.2) is 37.1 Å². The normalized spacial score (nSPS) is 10.0. The summed E-state index contributed by atoms with van der Waals surface area (Å²) < 4.78 is 1.49. The van der Waals surface area contributed by atoms with Crippen molar-refractivity contribution in [1.29, 1.82) is 0 Å². The number of carbonyl (C=O) groups is 1. The summed E-state index contributed by atoms with van der Waals surface area (Å²) in [4.78, 5) is 23.9. The molecule has 3 heterocycles. The second-order valence-electron chi connectivity index (χ2n) is 4.21. The lowest BCUT2D eigenvalue weighted by molar-refractivity contribution is 0.252. The van der Waals surface area contributed by atoms with E-state index in [1.165, 1.54) is 10.8 Å². The lowest BCUT2D eigenvalue weighted by Crippen LogP contribution is -2.29. The predicted octanol–water partition coefficient (Wildman–Crippen LogP) is 1.75. The number of amides is 2. The number of hydrogen-bond donors (Lipinski definition) is 2. The van der Waals surface area contributed by atoms with Gasteiger partial charge in [0.15, 0.2) is 5.65 Å². The molecule has 0 unspecified atom stereocenters. The zero-order chi connectivity index (χ0) is 14.7. The molecule has 0 aliphatic carbocycles. The molecule has 2 amide bonds. The lowest BCUT2D eigenvalue weighted by atomic mass is 10.1. The summed E-state index contributed by atoms with van der Waals surface area (Å²) in [6.45, 7) is 2.37. The van der Waals surface area contributed by atoms with Gasteiger partial charge in [0.05, 0.1) is 6.20 Å². The predicted molar refractivity (Wildman–Crippen MR) is 84.0 cm³/mol. The number of hydrogen-bond acceptors (Lipinski definition) is 5. The molecule has 2 N–H and O–H groups in total. The first-order valence-electron chi connectivity index (χ1n) is 6.43. The van der Waals surface area contributed by atoms with Crippen molar-refractivity contribution in [3.05, 3.63) is 37.1 Å². The van der Waals surface area contributed by atoms with Gasteiger partial charge in [-0.2, -0.15) is 9.61 Å². The Morgan fingerprint density at radius 3 is 2.77 bits per heavy atom. The van der Waals surface area contributed by atoms with E-state index >= 15 is 0 Å². The third-order valence-corrected chi connectivity index (χ3v) is 2.86. The van der Waals surface area contributed by atoms with Gasteiger partial charge in [0.2, 0.25) is 5.95 Å². The molecule has 3 aromatic rings. The average molecular weight is 320 g/mol. The molecule has 8 nitrogen and oxygen atoms in total. The zero-order valence-corrected chi connectivity index (χ0v) is 12.5. The highest BCUT2D eigenvalue weighted by Crippen LogP contribution is 2.23. The van der Waals surface area contributed by atoms with Crippen LogP contribution in [-0.4, -0.2) is 37.1 Å². The van der Waals surface area contributed by atoms with Gasteiger partial charge in [-0.25, -0.2) is 14.8 Å². The Morgan fingerprint density at radius 2 is 2.05 bits per heavy atom. The van der Waals surface area contributed by atoms with Crippen molar-refractivity contribution in [2.24, 2.45) is 0 Å². The topological polar surface area (TPSA) is 97.1 Å². The number of urea groups is 1. The molecule has 0 aliphatic heterocycles. The minimum atomic E-state index is -0.335. The first-order valence-corrected chi connectivity index (χ1v) is 6.43. The van der Waals surface area contributed by atoms with Gasteiger partial charge in [-0.15, -0.1) is 12.4 Å². The number of fused-ring (bicyclic) bond motifs is 1. The van der Waals surface area contributed by atoms with E-state index in [1.807, 2.05) is 19.1 Å². The Hall–Kier alpha value is -2.74. The maximum atomic E-state index is 11.6. The van der Waals surface area contributed by atoms with E-state index in [-0.39, 0.29) is 18.4 Å². The van der Waals surface area contributed by atoms with Crippen LogP contribution in [0.2, 0.25) is 0 Å². The summed E-state index contributed by atoms with van der Waals surface area (Å²) in [6.07, 6.45) is 6.48. The average Bonchev–Trinajstić information content (AvgIpc) is 2.93. The molecule has 0 saturated heterocycles. The fraction of sp³-hybridized carbons (Fsp3) is 0.154. The van der Waals surface area contributed by atoms with Crippen molar-refractivity contribution in [2.45, 2.75) is 6.92 Å². The largest absolute Gasteiger partial charge is 0.338 e. The molecule has 22 heavy (non-hydrogen) atoms. The van der Waals surface area contributed by atoms with E-state index < -0.39 is 0 Å². The Morgan fingerprint density at radius 1 is 1.27 bits per heavy atom. The zero-order valence-electron chi connectivity index (χ0n) is 11.7. The maximum Gasteiger partial charge on any atom is 0.321 e. The fourth-order valence-electron chi connectivity index (χ4n) is 1.94. The van der Waals surface area contributed by atoms with E-state index in [0.29, 0.717) is 18.1 Å². The summed E-state index contributed by atoms with van der Waals surface area (Å²) >= 11 is 0. The van der Waals surface area contributed by atoms with E-state index in [2.05, 4.69) is 30.7 Å². The van der Waals surface area contributed by atoms with Crippen LogP contribution in [0.5, 0.6) is 0 Å². The van der Waals surface area contributed by atoms with Crippen LogP contribution in [-0.2, 0) is 0 Å². The standard InChI is InChI=1S/C13H13N7O.ClH/c1-2-15-13(21)19-12-17-8-16-11-10(7-18-20(11)12)9-3-5-14-6-4-9;/h3-8H,2H2,1H3,(H2,15,16,17,19,21);1H. The van der Waals surface area contributed by atoms with Gasteiger partial charge in [0, 0.05) is 24.5 Å². The summed E-state index contributed by atoms with van der Waals surface area (Å²) in [6, 6.07) is 3.41. The van der Waals surface area contributed by atoms with Crippen LogP contribution in [0.25, 0.3) is 16.8 Å². The SMILES string of the molecule is CCNC(=O)Nc1ncnc2c(-c3ccncc3)cnn12.Cl. The van der Waals surface area contributed by atoms with Gasteiger partial charge in [-0.3, -0.25) is 10.3 Å². The van der Waals surface area contributed by atoms with Crippen molar-refractivity contribution in [3.63, 3.8) is 0 Å². The summed E-state index contributed by atoms with van der Waals surface area (Å²) in [5.74, 6) is 0.311. The third kappa shape index (κ3) is 2.96. The van der Waals surface area contributed by atoms with E-state index in [1.54, 1.807) is 18.6 Å². The van der Waals surface area contributed by atoms with Crippen LogP contribution >= 0.6 is 12.4 Å². The second-order valence-corrected chi connectivity index (χ2v) is 4.21. The van der Waals surface area contributed by atoms with E-state index in [4.69, 9.17) is 0 Å². The first-order chi connectivity index (χ1) is 10.3. The number of carbonyl (C=O) groups excluding carboxylic acids is 1.